The lowest BCUT2D eigenvalue weighted by Gasteiger charge is -2.30. The van der Waals surface area contributed by atoms with Crippen LogP contribution >= 0.6 is 11.6 Å². The standard InChI is InChI=1S/C28H27ClN2O4/c1-2-34-17-5-16-30-27(32)22-12-8-20(9-13-22)18-26-28(33)31(19-21-10-14-23(29)15-11-21)24-6-3-4-7-25(24)35-26/h3-4,6-15,18H,2,5,16-17,19H2,1H3,(H,30,32). The first kappa shape index (κ1) is 24.5. The summed E-state index contributed by atoms with van der Waals surface area (Å²) in [6.07, 6.45) is 2.45. The van der Waals surface area contributed by atoms with Gasteiger partial charge in [-0.2, -0.15) is 0 Å². The number of para-hydroxylation sites is 2. The summed E-state index contributed by atoms with van der Waals surface area (Å²) in [5.41, 5.74) is 2.97. The second-order valence-electron chi connectivity index (χ2n) is 8.02. The largest absolute Gasteiger partial charge is 0.449 e. The van der Waals surface area contributed by atoms with Gasteiger partial charge in [0, 0.05) is 30.3 Å². The van der Waals surface area contributed by atoms with Crippen LogP contribution < -0.4 is 15.0 Å². The summed E-state index contributed by atoms with van der Waals surface area (Å²) in [6.45, 7) is 4.17. The summed E-state index contributed by atoms with van der Waals surface area (Å²) in [6, 6.07) is 21.9. The summed E-state index contributed by atoms with van der Waals surface area (Å²) in [4.78, 5) is 27.4. The lowest BCUT2D eigenvalue weighted by atomic mass is 10.1. The number of halogens is 1. The fourth-order valence-electron chi connectivity index (χ4n) is 3.70. The van der Waals surface area contributed by atoms with Crippen molar-refractivity contribution in [1.29, 1.82) is 0 Å². The summed E-state index contributed by atoms with van der Waals surface area (Å²) in [5.74, 6) is 0.435. The number of nitrogens with zero attached hydrogens (tertiary/aromatic N) is 1. The number of amides is 2. The predicted molar refractivity (Wildman–Crippen MR) is 138 cm³/mol. The minimum absolute atomic E-state index is 0.145. The molecule has 0 bridgehead atoms. The number of rotatable bonds is 9. The SMILES string of the molecule is CCOCCCNC(=O)c1ccc(C=C2Oc3ccccc3N(Cc3ccc(Cl)cc3)C2=O)cc1. The molecule has 7 heteroatoms. The van der Waals surface area contributed by atoms with E-state index in [4.69, 9.17) is 21.1 Å². The first-order valence-electron chi connectivity index (χ1n) is 11.6. The third-order valence-corrected chi connectivity index (χ3v) is 5.76. The topological polar surface area (TPSA) is 67.9 Å². The highest BCUT2D eigenvalue weighted by Gasteiger charge is 2.30. The molecule has 3 aromatic rings. The van der Waals surface area contributed by atoms with Gasteiger partial charge in [-0.1, -0.05) is 48.0 Å². The molecule has 6 nitrogen and oxygen atoms in total. The van der Waals surface area contributed by atoms with Gasteiger partial charge in [0.05, 0.1) is 12.2 Å². The number of carbonyl (C=O) groups is 2. The summed E-state index contributed by atoms with van der Waals surface area (Å²) < 4.78 is 11.2. The highest BCUT2D eigenvalue weighted by molar-refractivity contribution is 6.30. The smallest absolute Gasteiger partial charge is 0.294 e. The molecule has 0 spiro atoms. The average molecular weight is 491 g/mol. The van der Waals surface area contributed by atoms with Crippen LogP contribution in [0, 0.1) is 0 Å². The van der Waals surface area contributed by atoms with Crippen LogP contribution in [0.2, 0.25) is 5.02 Å². The normalized spacial score (nSPS) is 13.9. The Kier molecular flexibility index (Phi) is 8.19. The molecule has 35 heavy (non-hydrogen) atoms. The second kappa shape index (κ2) is 11.7. The molecule has 180 valence electrons. The van der Waals surface area contributed by atoms with Crippen molar-refractivity contribution in [2.24, 2.45) is 0 Å². The minimum atomic E-state index is -0.241. The third kappa shape index (κ3) is 6.29. The lowest BCUT2D eigenvalue weighted by molar-refractivity contribution is -0.117. The van der Waals surface area contributed by atoms with Crippen molar-refractivity contribution < 1.29 is 19.1 Å². The molecular weight excluding hydrogens is 464 g/mol. The molecule has 0 fully saturated rings. The van der Waals surface area contributed by atoms with Crippen molar-refractivity contribution in [2.75, 3.05) is 24.7 Å². The van der Waals surface area contributed by atoms with E-state index in [1.54, 1.807) is 47.4 Å². The molecule has 1 aliphatic rings. The molecule has 1 aliphatic heterocycles. The van der Waals surface area contributed by atoms with Gasteiger partial charge in [-0.25, -0.2) is 0 Å². The molecule has 0 unspecified atom stereocenters. The first-order valence-corrected chi connectivity index (χ1v) is 11.9. The van der Waals surface area contributed by atoms with Crippen molar-refractivity contribution in [3.8, 4) is 5.75 Å². The maximum absolute atomic E-state index is 13.4. The molecule has 0 saturated heterocycles. The predicted octanol–water partition coefficient (Wildman–Crippen LogP) is 5.46. The molecule has 0 saturated carbocycles. The Morgan fingerprint density at radius 3 is 2.54 bits per heavy atom. The number of nitrogens with one attached hydrogen (secondary N) is 1. The molecule has 0 aromatic heterocycles. The minimum Gasteiger partial charge on any atom is -0.449 e. The van der Waals surface area contributed by atoms with Gasteiger partial charge in [-0.3, -0.25) is 14.5 Å². The highest BCUT2D eigenvalue weighted by atomic mass is 35.5. The van der Waals surface area contributed by atoms with Crippen molar-refractivity contribution in [3.63, 3.8) is 0 Å². The van der Waals surface area contributed by atoms with Crippen molar-refractivity contribution in [2.45, 2.75) is 19.9 Å². The zero-order chi connectivity index (χ0) is 24.6. The fourth-order valence-corrected chi connectivity index (χ4v) is 3.82. The van der Waals surface area contributed by atoms with Gasteiger partial charge in [0.15, 0.2) is 11.5 Å². The number of ether oxygens (including phenoxy) is 2. The molecule has 0 radical (unpaired) electrons. The van der Waals surface area contributed by atoms with E-state index in [2.05, 4.69) is 5.32 Å². The van der Waals surface area contributed by atoms with Gasteiger partial charge in [0.1, 0.15) is 0 Å². The molecule has 1 N–H and O–H groups in total. The highest BCUT2D eigenvalue weighted by Crippen LogP contribution is 2.36. The Hall–Kier alpha value is -3.61. The van der Waals surface area contributed by atoms with Crippen LogP contribution in [0.25, 0.3) is 6.08 Å². The molecule has 0 aliphatic carbocycles. The van der Waals surface area contributed by atoms with Crippen LogP contribution in [0.1, 0.15) is 34.8 Å². The molecule has 2 amide bonds. The molecule has 3 aromatic carbocycles. The second-order valence-corrected chi connectivity index (χ2v) is 8.46. The van der Waals surface area contributed by atoms with Crippen LogP contribution in [0.4, 0.5) is 5.69 Å². The van der Waals surface area contributed by atoms with Crippen LogP contribution in [-0.4, -0.2) is 31.6 Å². The quantitative estimate of drug-likeness (QED) is 0.319. The van der Waals surface area contributed by atoms with Crippen LogP contribution in [0.15, 0.2) is 78.6 Å². The van der Waals surface area contributed by atoms with Crippen molar-refractivity contribution in [3.05, 3.63) is 100 Å². The van der Waals surface area contributed by atoms with E-state index in [-0.39, 0.29) is 17.6 Å². The van der Waals surface area contributed by atoms with Gasteiger partial charge in [-0.05, 0) is 66.9 Å². The molecular formula is C28H27ClN2O4. The van der Waals surface area contributed by atoms with E-state index in [0.717, 1.165) is 17.5 Å². The van der Waals surface area contributed by atoms with Crippen molar-refractivity contribution >= 4 is 35.2 Å². The summed E-state index contributed by atoms with van der Waals surface area (Å²) in [7, 11) is 0. The van der Waals surface area contributed by atoms with E-state index >= 15 is 0 Å². The number of fused-ring (bicyclic) bond motifs is 1. The zero-order valence-electron chi connectivity index (χ0n) is 19.5. The van der Waals surface area contributed by atoms with E-state index < -0.39 is 0 Å². The third-order valence-electron chi connectivity index (χ3n) is 5.51. The van der Waals surface area contributed by atoms with E-state index in [0.29, 0.717) is 48.3 Å². The van der Waals surface area contributed by atoms with Crippen LogP contribution in [0.5, 0.6) is 5.75 Å². The van der Waals surface area contributed by atoms with E-state index in [9.17, 15) is 9.59 Å². The van der Waals surface area contributed by atoms with Gasteiger partial charge >= 0.3 is 0 Å². The van der Waals surface area contributed by atoms with Gasteiger partial charge in [0.25, 0.3) is 11.8 Å². The number of carbonyl (C=O) groups excluding carboxylic acids is 2. The molecule has 4 rings (SSSR count). The molecule has 0 atom stereocenters. The number of hydrogen-bond donors (Lipinski definition) is 1. The molecule has 1 heterocycles. The number of benzene rings is 3. The van der Waals surface area contributed by atoms with Gasteiger partial charge < -0.3 is 14.8 Å². The Bertz CT molecular complexity index is 1210. The Morgan fingerprint density at radius 1 is 1.06 bits per heavy atom. The Morgan fingerprint density at radius 2 is 1.80 bits per heavy atom. The average Bonchev–Trinajstić information content (AvgIpc) is 2.88. The monoisotopic (exact) mass is 490 g/mol. The van der Waals surface area contributed by atoms with Gasteiger partial charge in [-0.15, -0.1) is 0 Å². The van der Waals surface area contributed by atoms with E-state index in [1.807, 2.05) is 43.3 Å². The number of anilines is 1. The lowest BCUT2D eigenvalue weighted by Crippen LogP contribution is -2.36. The maximum atomic E-state index is 13.4. The zero-order valence-corrected chi connectivity index (χ0v) is 20.3. The Balaban J connectivity index is 1.49. The summed E-state index contributed by atoms with van der Waals surface area (Å²) >= 11 is 6.01. The van der Waals surface area contributed by atoms with Crippen LogP contribution in [-0.2, 0) is 16.1 Å². The summed E-state index contributed by atoms with van der Waals surface area (Å²) in [5, 5.41) is 3.53. The Labute approximate surface area is 210 Å². The first-order chi connectivity index (χ1) is 17.0. The van der Waals surface area contributed by atoms with Gasteiger partial charge in [0.2, 0.25) is 0 Å². The van der Waals surface area contributed by atoms with Crippen molar-refractivity contribution in [1.82, 2.24) is 5.32 Å². The number of hydrogen-bond acceptors (Lipinski definition) is 4. The fraction of sp³-hybridized carbons (Fsp3) is 0.214. The van der Waals surface area contributed by atoms with Crippen LogP contribution in [0.3, 0.4) is 0 Å². The van der Waals surface area contributed by atoms with E-state index in [1.165, 1.54) is 0 Å². The maximum Gasteiger partial charge on any atom is 0.294 e.